The van der Waals surface area contributed by atoms with Gasteiger partial charge in [0.15, 0.2) is 11.6 Å². The van der Waals surface area contributed by atoms with Crippen LogP contribution in [0.3, 0.4) is 0 Å². The second-order valence-corrected chi connectivity index (χ2v) is 16.7. The van der Waals surface area contributed by atoms with E-state index in [1.807, 2.05) is 68.7 Å². The van der Waals surface area contributed by atoms with Crippen molar-refractivity contribution in [3.8, 4) is 11.6 Å². The molecule has 3 N–H and O–H groups in total. The van der Waals surface area contributed by atoms with Gasteiger partial charge >= 0.3 is 0 Å². The lowest BCUT2D eigenvalue weighted by atomic mass is 9.90. The van der Waals surface area contributed by atoms with Gasteiger partial charge in [0, 0.05) is 90.4 Å². The summed E-state index contributed by atoms with van der Waals surface area (Å²) in [5.74, 6) is 1.80. The first kappa shape index (κ1) is 49.8. The average Bonchev–Trinajstić information content (AvgIpc) is 4.04. The van der Waals surface area contributed by atoms with Crippen LogP contribution in [0.4, 0.5) is 10.2 Å². The fraction of sp³-hybridized carbons (Fsp3) is 0.364. The van der Waals surface area contributed by atoms with E-state index in [0.717, 1.165) is 57.4 Å². The molecule has 0 radical (unpaired) electrons. The minimum atomic E-state index is -0.833. The van der Waals surface area contributed by atoms with Crippen molar-refractivity contribution in [3.05, 3.63) is 135 Å². The zero-order valence-corrected chi connectivity index (χ0v) is 40.0. The molecule has 0 bridgehead atoms. The molecule has 20 heteroatoms. The molecule has 6 aromatic heterocycles. The Labute approximate surface area is 394 Å². The Morgan fingerprint density at radius 1 is 0.719 bits per heavy atom. The Balaban J connectivity index is 0.000000204. The highest BCUT2D eigenvalue weighted by molar-refractivity contribution is 9.10. The van der Waals surface area contributed by atoms with Crippen LogP contribution in [0.5, 0.6) is 0 Å². The van der Waals surface area contributed by atoms with Crippen molar-refractivity contribution >= 4 is 61.9 Å². The first-order chi connectivity index (χ1) is 30.4. The first-order valence-electron chi connectivity index (χ1n) is 20.4. The van der Waals surface area contributed by atoms with Crippen molar-refractivity contribution in [3.63, 3.8) is 0 Å². The van der Waals surface area contributed by atoms with E-state index < -0.39 is 17.1 Å². The zero-order valence-electron chi connectivity index (χ0n) is 36.0. The van der Waals surface area contributed by atoms with Gasteiger partial charge in [-0.25, -0.2) is 29.3 Å². The van der Waals surface area contributed by atoms with E-state index in [2.05, 4.69) is 88.9 Å². The minimum Gasteiger partial charge on any atom is -0.368 e. The molecule has 0 aliphatic carbocycles. The van der Waals surface area contributed by atoms with E-state index in [4.69, 9.17) is 9.47 Å². The molecule has 8 rings (SSSR count). The number of anilines is 1. The number of halogens is 4. The number of hydrogen-bond acceptors (Lipinski definition) is 12. The number of aryl methyl sites for hydroxylation is 2. The molecule has 2 aliphatic rings. The number of amides is 2. The number of piperidine rings is 2. The van der Waals surface area contributed by atoms with Crippen molar-refractivity contribution in [2.75, 3.05) is 45.3 Å². The summed E-state index contributed by atoms with van der Waals surface area (Å²) in [5.41, 5.74) is 2.32. The molecule has 8 heterocycles. The molecule has 0 aromatic carbocycles. The van der Waals surface area contributed by atoms with Crippen molar-refractivity contribution in [2.45, 2.75) is 63.8 Å². The Kier molecular flexibility index (Phi) is 18.4. The van der Waals surface area contributed by atoms with E-state index in [1.54, 1.807) is 54.4 Å². The quantitative estimate of drug-likeness (QED) is 0.122. The number of rotatable bonds is 11. The number of nitrogens with one attached hydrogen (secondary N) is 3. The average molecular weight is 1030 g/mol. The van der Waals surface area contributed by atoms with Crippen LogP contribution < -0.4 is 20.9 Å². The van der Waals surface area contributed by atoms with Gasteiger partial charge in [0.05, 0.1) is 0 Å². The maximum atomic E-state index is 13.0. The Hall–Kier alpha value is -5.18. The molecule has 16 nitrogen and oxygen atoms in total. The lowest BCUT2D eigenvalue weighted by Crippen LogP contribution is -2.55. The lowest BCUT2D eigenvalue weighted by molar-refractivity contribution is -0.147. The number of carbonyl (C=O) groups is 2. The normalized spacial score (nSPS) is 15.0. The molecule has 64 heavy (non-hydrogen) atoms. The summed E-state index contributed by atoms with van der Waals surface area (Å²) in [4.78, 5) is 44.5. The van der Waals surface area contributed by atoms with Gasteiger partial charge in [-0.3, -0.25) is 9.59 Å². The summed E-state index contributed by atoms with van der Waals surface area (Å²) >= 11 is 6.52. The third-order valence-corrected chi connectivity index (χ3v) is 11.6. The lowest BCUT2D eigenvalue weighted by Gasteiger charge is -2.40. The molecule has 2 fully saturated rings. The SMILES string of the molecule is COC1(C(=O)NCc2ccc(-n3cccn3)nc2)CCN(c2cc(C)cc(Br)n2)CC1.COC1(C(=O)NCc2ccc(-n3cccn3)nc2)CCNCC1.Cc1cc(F)nc(Br)c1.Cl. The predicted octanol–water partition coefficient (Wildman–Crippen LogP) is 6.40. The van der Waals surface area contributed by atoms with Crippen molar-refractivity contribution in [1.29, 1.82) is 0 Å². The van der Waals surface area contributed by atoms with Gasteiger partial charge in [0.2, 0.25) is 5.95 Å². The number of hydrogen-bond donors (Lipinski definition) is 3. The van der Waals surface area contributed by atoms with Gasteiger partial charge < -0.3 is 30.3 Å². The summed E-state index contributed by atoms with van der Waals surface area (Å²) in [7, 11) is 3.21. The van der Waals surface area contributed by atoms with E-state index in [-0.39, 0.29) is 24.2 Å². The standard InChI is InChI=1S/C22H25BrN6O2.C16H21N5O2.C6H5BrFN.ClH/c1-16-12-18(23)27-20(13-16)28-10-6-22(31-2,7-11-28)21(30)25-15-17-4-5-19(24-14-17)29-9-3-8-26-29;1-23-16(5-8-17-9-6-16)15(22)19-12-13-3-4-14(18-11-13)21-10-2-7-20-21;1-4-2-5(7)9-6(8)3-4;/h3-5,8-9,12-14H,6-7,10-11,15H2,1-2H3,(H,25,30);2-4,7,10-11,17H,5-6,8-9,12H2,1H3,(H,19,22);2-3H,1H3;1H. The van der Waals surface area contributed by atoms with Gasteiger partial charge in [-0.2, -0.15) is 14.6 Å². The van der Waals surface area contributed by atoms with E-state index in [0.29, 0.717) is 56.5 Å². The monoisotopic (exact) mass is 1020 g/mol. The maximum Gasteiger partial charge on any atom is 0.252 e. The molecule has 340 valence electrons. The molecule has 0 atom stereocenters. The van der Waals surface area contributed by atoms with E-state index in [9.17, 15) is 14.0 Å². The highest BCUT2D eigenvalue weighted by Crippen LogP contribution is 2.30. The minimum absolute atomic E-state index is 0. The largest absolute Gasteiger partial charge is 0.368 e. The van der Waals surface area contributed by atoms with Crippen LogP contribution in [-0.2, 0) is 32.2 Å². The number of methoxy groups -OCH3 is 2. The zero-order chi connectivity index (χ0) is 44.8. The highest BCUT2D eigenvalue weighted by Gasteiger charge is 2.42. The molecular weight excluding hydrogens is 975 g/mol. The second-order valence-electron chi connectivity index (χ2n) is 15.1. The Bertz CT molecular complexity index is 2310. The summed E-state index contributed by atoms with van der Waals surface area (Å²) in [6.45, 7) is 7.67. The van der Waals surface area contributed by atoms with E-state index >= 15 is 0 Å². The summed E-state index contributed by atoms with van der Waals surface area (Å²) < 4.78 is 28.3. The summed E-state index contributed by atoms with van der Waals surface area (Å²) in [5, 5.41) is 17.5. The van der Waals surface area contributed by atoms with Crippen molar-refractivity contribution in [2.24, 2.45) is 0 Å². The number of nitrogens with zero attached hydrogens (tertiary/aromatic N) is 9. The number of aromatic nitrogens is 8. The van der Waals surface area contributed by atoms with Gasteiger partial charge in [0.25, 0.3) is 11.8 Å². The number of carbonyl (C=O) groups excluding carboxylic acids is 2. The molecule has 2 aliphatic heterocycles. The highest BCUT2D eigenvalue weighted by atomic mass is 79.9. The van der Waals surface area contributed by atoms with Crippen LogP contribution in [0.15, 0.2) is 107 Å². The molecule has 2 saturated heterocycles. The molecule has 0 spiro atoms. The van der Waals surface area contributed by atoms with E-state index in [1.165, 1.54) is 6.07 Å². The Morgan fingerprint density at radius 2 is 1.20 bits per heavy atom. The first-order valence-corrected chi connectivity index (χ1v) is 22.0. The predicted molar refractivity (Wildman–Crippen MR) is 250 cm³/mol. The molecule has 6 aromatic rings. The van der Waals surface area contributed by atoms with Gasteiger partial charge in [-0.15, -0.1) is 12.4 Å². The van der Waals surface area contributed by atoms with Crippen LogP contribution in [0.25, 0.3) is 11.6 Å². The molecule has 0 saturated carbocycles. The smallest absolute Gasteiger partial charge is 0.252 e. The van der Waals surface area contributed by atoms with Crippen molar-refractivity contribution < 1.29 is 23.5 Å². The van der Waals surface area contributed by atoms with Crippen molar-refractivity contribution in [1.82, 2.24) is 55.4 Å². The third kappa shape index (κ3) is 13.4. The summed E-state index contributed by atoms with van der Waals surface area (Å²) in [6.07, 6.45) is 13.2. The molecular formula is C44H52Br2ClFN12O4. The van der Waals surface area contributed by atoms with Crippen LogP contribution in [0.2, 0.25) is 0 Å². The van der Waals surface area contributed by atoms with Crippen LogP contribution in [-0.4, -0.2) is 103 Å². The fourth-order valence-corrected chi connectivity index (χ4v) is 8.21. The third-order valence-electron chi connectivity index (χ3n) is 10.8. The molecule has 2 amide bonds. The molecule has 0 unspecified atom stereocenters. The number of pyridine rings is 4. The van der Waals surface area contributed by atoms with Crippen LogP contribution >= 0.6 is 44.3 Å². The van der Waals surface area contributed by atoms with Crippen LogP contribution in [0.1, 0.15) is 47.9 Å². The Morgan fingerprint density at radius 3 is 1.61 bits per heavy atom. The summed E-state index contributed by atoms with van der Waals surface area (Å²) in [6, 6.07) is 18.5. The fourth-order valence-electron chi connectivity index (χ4n) is 7.14. The van der Waals surface area contributed by atoms with Gasteiger partial charge in [0.1, 0.15) is 26.2 Å². The van der Waals surface area contributed by atoms with Gasteiger partial charge in [-0.05, 0) is 142 Å². The maximum absolute atomic E-state index is 13.0. The topological polar surface area (TPSA) is 179 Å². The van der Waals surface area contributed by atoms with Crippen LogP contribution in [0, 0.1) is 19.8 Å². The number of ether oxygens (including phenoxy) is 2. The second kappa shape index (κ2) is 23.7. The van der Waals surface area contributed by atoms with Gasteiger partial charge in [-0.1, -0.05) is 12.1 Å².